The van der Waals surface area contributed by atoms with Crippen LogP contribution in [-0.2, 0) is 23.4 Å². The minimum Gasteiger partial charge on any atom is -0.420 e. The third-order valence-electron chi connectivity index (χ3n) is 3.14. The van der Waals surface area contributed by atoms with Gasteiger partial charge in [0.15, 0.2) is 5.79 Å². The molecule has 1 fully saturated rings. The van der Waals surface area contributed by atoms with Gasteiger partial charge in [0.2, 0.25) is 0 Å². The number of epoxide rings is 1. The molecule has 1 aliphatic heterocycles. The van der Waals surface area contributed by atoms with Crippen molar-refractivity contribution in [3.05, 3.63) is 0 Å². The number of ether oxygens (including phenoxy) is 4. The number of hydrogen-bond donors (Lipinski definition) is 0. The van der Waals surface area contributed by atoms with Gasteiger partial charge in [0.05, 0.1) is 19.3 Å². The molecule has 1 heterocycles. The lowest BCUT2D eigenvalue weighted by Gasteiger charge is -2.34. The van der Waals surface area contributed by atoms with Crippen LogP contribution in [0.25, 0.3) is 0 Å². The zero-order chi connectivity index (χ0) is 12.7. The van der Waals surface area contributed by atoms with Gasteiger partial charge in [-0.25, -0.2) is 0 Å². The van der Waals surface area contributed by atoms with E-state index in [1.807, 2.05) is 6.92 Å². The smallest absolute Gasteiger partial charge is 0.189 e. The molecule has 1 aliphatic rings. The molecule has 2 unspecified atom stereocenters. The molecule has 0 saturated carbocycles. The van der Waals surface area contributed by atoms with E-state index in [4.69, 9.17) is 23.4 Å². The van der Waals surface area contributed by atoms with E-state index < -0.39 is 5.79 Å². The van der Waals surface area contributed by atoms with Gasteiger partial charge < -0.3 is 23.4 Å². The minimum atomic E-state index is -0.665. The maximum absolute atomic E-state index is 5.55. The van der Waals surface area contributed by atoms with Crippen molar-refractivity contribution in [3.8, 4) is 0 Å². The predicted molar refractivity (Wildman–Crippen MR) is 67.0 cm³/mol. The number of rotatable bonds is 10. The van der Waals surface area contributed by atoms with Crippen molar-refractivity contribution < 1.29 is 23.4 Å². The second-order valence-corrected chi connectivity index (χ2v) is 4.79. The summed E-state index contributed by atoms with van der Waals surface area (Å²) < 4.78 is 26.8. The fraction of sp³-hybridized carbons (Fsp3) is 1.00. The molecule has 0 aromatic heterocycles. The highest BCUT2D eigenvalue weighted by molar-refractivity contribution is 5.98. The van der Waals surface area contributed by atoms with Crippen LogP contribution < -0.4 is 0 Å². The quantitative estimate of drug-likeness (QED) is 0.238. The molecule has 0 radical (unpaired) electrons. The Morgan fingerprint density at radius 2 is 2.06 bits per heavy atom. The standard InChI is InChI=1S/C11H24O5Si/c1-11(12-2,13-3)10(16-17)5-4-6-14-7-9-8-15-9/h9-10H,4-8H2,1-3,17H3. The normalized spacial score (nSPS) is 21.7. The monoisotopic (exact) mass is 264 g/mol. The van der Waals surface area contributed by atoms with Gasteiger partial charge in [0.1, 0.15) is 16.6 Å². The molecule has 5 nitrogen and oxygen atoms in total. The van der Waals surface area contributed by atoms with E-state index in [9.17, 15) is 0 Å². The molecule has 0 bridgehead atoms. The molecule has 0 spiro atoms. The summed E-state index contributed by atoms with van der Waals surface area (Å²) in [5.74, 6) is -0.665. The van der Waals surface area contributed by atoms with Gasteiger partial charge in [-0.15, -0.1) is 0 Å². The maximum Gasteiger partial charge on any atom is 0.189 e. The molecule has 1 saturated heterocycles. The van der Waals surface area contributed by atoms with Gasteiger partial charge in [-0.2, -0.15) is 0 Å². The second kappa shape index (κ2) is 7.45. The molecule has 0 aromatic carbocycles. The van der Waals surface area contributed by atoms with Crippen molar-refractivity contribution in [1.29, 1.82) is 0 Å². The molecule has 0 aromatic rings. The van der Waals surface area contributed by atoms with Crippen molar-refractivity contribution in [3.63, 3.8) is 0 Å². The summed E-state index contributed by atoms with van der Waals surface area (Å²) in [5, 5.41) is 0. The van der Waals surface area contributed by atoms with Gasteiger partial charge >= 0.3 is 0 Å². The zero-order valence-corrected chi connectivity index (χ0v) is 13.2. The Balaban J connectivity index is 2.15. The summed E-state index contributed by atoms with van der Waals surface area (Å²) in [5.41, 5.74) is 0. The van der Waals surface area contributed by atoms with Crippen LogP contribution >= 0.6 is 0 Å². The Hall–Kier alpha value is 0.0169. The number of methoxy groups -OCH3 is 2. The van der Waals surface area contributed by atoms with E-state index in [-0.39, 0.29) is 6.10 Å². The van der Waals surface area contributed by atoms with Crippen LogP contribution in [-0.4, -0.2) is 62.5 Å². The Morgan fingerprint density at radius 3 is 2.53 bits per heavy atom. The topological polar surface area (TPSA) is 49.5 Å². The molecular weight excluding hydrogens is 240 g/mol. The average molecular weight is 264 g/mol. The highest BCUT2D eigenvalue weighted by Gasteiger charge is 2.33. The van der Waals surface area contributed by atoms with Crippen molar-refractivity contribution in [2.75, 3.05) is 34.0 Å². The first kappa shape index (κ1) is 15.1. The average Bonchev–Trinajstić information content (AvgIpc) is 3.17. The molecule has 0 amide bonds. The van der Waals surface area contributed by atoms with Crippen molar-refractivity contribution in [1.82, 2.24) is 0 Å². The molecule has 17 heavy (non-hydrogen) atoms. The SMILES string of the molecule is COC(C)(OC)C(CCCOCC1CO1)O[SiH3]. The van der Waals surface area contributed by atoms with Crippen LogP contribution in [0, 0.1) is 0 Å². The zero-order valence-electron chi connectivity index (χ0n) is 11.2. The summed E-state index contributed by atoms with van der Waals surface area (Å²) in [6, 6.07) is 0. The fourth-order valence-electron chi connectivity index (χ4n) is 1.69. The Labute approximate surface area is 106 Å². The largest absolute Gasteiger partial charge is 0.420 e. The van der Waals surface area contributed by atoms with Gasteiger partial charge in [0.25, 0.3) is 0 Å². The summed E-state index contributed by atoms with van der Waals surface area (Å²) in [4.78, 5) is 0. The molecule has 0 N–H and O–H groups in total. The van der Waals surface area contributed by atoms with Crippen molar-refractivity contribution in [2.24, 2.45) is 0 Å². The lowest BCUT2D eigenvalue weighted by Crippen LogP contribution is -2.44. The van der Waals surface area contributed by atoms with E-state index in [1.165, 1.54) is 0 Å². The first-order valence-corrected chi connectivity index (χ1v) is 6.80. The maximum atomic E-state index is 5.55. The van der Waals surface area contributed by atoms with Crippen LogP contribution in [0.15, 0.2) is 0 Å². The van der Waals surface area contributed by atoms with Crippen LogP contribution in [0.1, 0.15) is 19.8 Å². The molecule has 0 aliphatic carbocycles. The van der Waals surface area contributed by atoms with Crippen LogP contribution in [0.5, 0.6) is 0 Å². The van der Waals surface area contributed by atoms with Gasteiger partial charge in [-0.05, 0) is 19.8 Å². The highest BCUT2D eigenvalue weighted by Crippen LogP contribution is 2.22. The van der Waals surface area contributed by atoms with E-state index >= 15 is 0 Å². The highest BCUT2D eigenvalue weighted by atomic mass is 28.2. The lowest BCUT2D eigenvalue weighted by atomic mass is 10.1. The van der Waals surface area contributed by atoms with Gasteiger partial charge in [-0.3, -0.25) is 0 Å². The summed E-state index contributed by atoms with van der Waals surface area (Å²) in [6.07, 6.45) is 2.10. The summed E-state index contributed by atoms with van der Waals surface area (Å²) >= 11 is 0. The minimum absolute atomic E-state index is 0.0371. The van der Waals surface area contributed by atoms with Crippen LogP contribution in [0.2, 0.25) is 0 Å². The Morgan fingerprint density at radius 1 is 1.41 bits per heavy atom. The van der Waals surface area contributed by atoms with E-state index in [0.717, 1.165) is 26.1 Å². The fourth-order valence-corrected chi connectivity index (χ4v) is 2.35. The summed E-state index contributed by atoms with van der Waals surface area (Å²) in [7, 11) is 3.94. The van der Waals surface area contributed by atoms with Crippen LogP contribution in [0.4, 0.5) is 0 Å². The first-order valence-electron chi connectivity index (χ1n) is 5.98. The molecule has 1 rings (SSSR count). The van der Waals surface area contributed by atoms with Crippen LogP contribution in [0.3, 0.4) is 0 Å². The summed E-state index contributed by atoms with van der Waals surface area (Å²) in [6.45, 7) is 4.18. The Kier molecular flexibility index (Phi) is 6.61. The Bertz CT molecular complexity index is 206. The van der Waals surface area contributed by atoms with E-state index in [1.54, 1.807) is 14.2 Å². The second-order valence-electron chi connectivity index (χ2n) is 4.32. The lowest BCUT2D eigenvalue weighted by molar-refractivity contribution is -0.241. The third kappa shape index (κ3) is 5.03. The third-order valence-corrected chi connectivity index (χ3v) is 3.71. The van der Waals surface area contributed by atoms with Gasteiger partial charge in [0, 0.05) is 20.8 Å². The molecule has 102 valence electrons. The van der Waals surface area contributed by atoms with Gasteiger partial charge in [-0.1, -0.05) is 0 Å². The molecule has 6 heteroatoms. The van der Waals surface area contributed by atoms with E-state index in [0.29, 0.717) is 23.2 Å². The first-order chi connectivity index (χ1) is 8.16. The van der Waals surface area contributed by atoms with E-state index in [2.05, 4.69) is 0 Å². The van der Waals surface area contributed by atoms with Crippen molar-refractivity contribution >= 4 is 10.5 Å². The predicted octanol–water partition coefficient (Wildman–Crippen LogP) is -0.143. The molecule has 2 atom stereocenters. The number of hydrogen-bond acceptors (Lipinski definition) is 5. The van der Waals surface area contributed by atoms with Crippen molar-refractivity contribution in [2.45, 2.75) is 37.8 Å². The molecular formula is C11H24O5Si.